The third-order valence-electron chi connectivity index (χ3n) is 6.33. The van der Waals surface area contributed by atoms with Crippen molar-refractivity contribution >= 4 is 11.6 Å². The van der Waals surface area contributed by atoms with Crippen molar-refractivity contribution in [2.45, 2.75) is 31.7 Å². The summed E-state index contributed by atoms with van der Waals surface area (Å²) in [5, 5.41) is 0. The van der Waals surface area contributed by atoms with E-state index in [9.17, 15) is 4.79 Å². The van der Waals surface area contributed by atoms with Crippen LogP contribution in [-0.4, -0.2) is 73.1 Å². The average Bonchev–Trinajstić information content (AvgIpc) is 2.83. The van der Waals surface area contributed by atoms with Gasteiger partial charge in [-0.25, -0.2) is 0 Å². The van der Waals surface area contributed by atoms with Gasteiger partial charge in [0.15, 0.2) is 0 Å². The molecule has 2 saturated heterocycles. The summed E-state index contributed by atoms with van der Waals surface area (Å²) in [6.07, 6.45) is 5.33. The Morgan fingerprint density at radius 1 is 1.07 bits per heavy atom. The van der Waals surface area contributed by atoms with Crippen molar-refractivity contribution in [3.8, 4) is 5.75 Å². The molecule has 2 fully saturated rings. The molecule has 2 aliphatic rings. The predicted molar refractivity (Wildman–Crippen MR) is 119 cm³/mol. The third kappa shape index (κ3) is 4.93. The van der Waals surface area contributed by atoms with Gasteiger partial charge in [0.25, 0.3) is 0 Å². The van der Waals surface area contributed by atoms with Crippen molar-refractivity contribution in [1.29, 1.82) is 0 Å². The van der Waals surface area contributed by atoms with Gasteiger partial charge in [0.2, 0.25) is 5.91 Å². The van der Waals surface area contributed by atoms with Gasteiger partial charge in [-0.15, -0.1) is 0 Å². The molecule has 6 nitrogen and oxygen atoms in total. The minimum Gasteiger partial charge on any atom is -0.495 e. The van der Waals surface area contributed by atoms with E-state index in [1.807, 2.05) is 30.3 Å². The summed E-state index contributed by atoms with van der Waals surface area (Å²) in [4.78, 5) is 24.2. The Morgan fingerprint density at radius 2 is 1.87 bits per heavy atom. The first kappa shape index (κ1) is 20.7. The van der Waals surface area contributed by atoms with Crippen molar-refractivity contribution in [2.24, 2.45) is 0 Å². The molecule has 0 N–H and O–H groups in total. The van der Waals surface area contributed by atoms with Crippen molar-refractivity contribution in [2.75, 3.05) is 51.3 Å². The normalized spacial score (nSPS) is 20.2. The van der Waals surface area contributed by atoms with Gasteiger partial charge in [-0.1, -0.05) is 18.2 Å². The maximum absolute atomic E-state index is 12.8. The minimum absolute atomic E-state index is 0.262. The fraction of sp³-hybridized carbons (Fsp3) is 0.500. The van der Waals surface area contributed by atoms with Crippen LogP contribution >= 0.6 is 0 Å². The number of carbonyl (C=O) groups excluding carboxylic acids is 1. The molecule has 0 aliphatic carbocycles. The Bertz CT molecular complexity index is 821. The van der Waals surface area contributed by atoms with E-state index in [1.54, 1.807) is 13.3 Å². The van der Waals surface area contributed by atoms with E-state index in [-0.39, 0.29) is 5.91 Å². The van der Waals surface area contributed by atoms with Crippen LogP contribution in [0.1, 0.15) is 25.0 Å². The van der Waals surface area contributed by atoms with E-state index in [0.717, 1.165) is 63.6 Å². The van der Waals surface area contributed by atoms with Crippen molar-refractivity contribution < 1.29 is 9.53 Å². The summed E-state index contributed by atoms with van der Waals surface area (Å²) in [5.41, 5.74) is 2.17. The smallest absolute Gasteiger partial charge is 0.223 e. The van der Waals surface area contributed by atoms with Crippen LogP contribution in [-0.2, 0) is 11.2 Å². The van der Waals surface area contributed by atoms with Crippen molar-refractivity contribution in [3.63, 3.8) is 0 Å². The van der Waals surface area contributed by atoms with E-state index in [2.05, 4.69) is 31.8 Å². The first-order valence-electron chi connectivity index (χ1n) is 11.0. The first-order chi connectivity index (χ1) is 14.7. The highest BCUT2D eigenvalue weighted by molar-refractivity contribution is 5.76. The molecule has 30 heavy (non-hydrogen) atoms. The number of anilines is 1. The second kappa shape index (κ2) is 9.94. The van der Waals surface area contributed by atoms with Crippen molar-refractivity contribution in [1.82, 2.24) is 14.8 Å². The summed E-state index contributed by atoms with van der Waals surface area (Å²) in [6, 6.07) is 14.6. The van der Waals surface area contributed by atoms with E-state index in [4.69, 9.17) is 4.74 Å². The van der Waals surface area contributed by atoms with Gasteiger partial charge >= 0.3 is 0 Å². The van der Waals surface area contributed by atoms with Crippen LogP contribution in [0.3, 0.4) is 0 Å². The summed E-state index contributed by atoms with van der Waals surface area (Å²) in [7, 11) is 1.73. The van der Waals surface area contributed by atoms with E-state index < -0.39 is 0 Å². The van der Waals surface area contributed by atoms with Crippen molar-refractivity contribution in [3.05, 3.63) is 54.4 Å². The number of aromatic nitrogens is 1. The number of hydrogen-bond acceptors (Lipinski definition) is 5. The van der Waals surface area contributed by atoms with E-state index in [1.165, 1.54) is 12.1 Å². The predicted octanol–water partition coefficient (Wildman–Crippen LogP) is 2.84. The molecular formula is C24H32N4O2. The number of rotatable bonds is 6. The molecule has 2 aromatic rings. The Hall–Kier alpha value is -2.60. The fourth-order valence-electron chi connectivity index (χ4n) is 4.64. The Morgan fingerprint density at radius 3 is 2.63 bits per heavy atom. The number of hydrogen-bond donors (Lipinski definition) is 0. The lowest BCUT2D eigenvalue weighted by molar-refractivity contribution is -0.133. The minimum atomic E-state index is 0.262. The highest BCUT2D eigenvalue weighted by Gasteiger charge is 2.30. The lowest BCUT2D eigenvalue weighted by Crippen LogP contribution is -2.56. The molecule has 0 bridgehead atoms. The molecule has 1 amide bonds. The third-order valence-corrected chi connectivity index (χ3v) is 6.33. The van der Waals surface area contributed by atoms with Gasteiger partial charge in [-0.2, -0.15) is 0 Å². The van der Waals surface area contributed by atoms with Crippen LogP contribution in [0, 0.1) is 0 Å². The number of piperidine rings is 1. The number of nitrogens with zero attached hydrogens (tertiary/aromatic N) is 4. The van der Waals surface area contributed by atoms with Gasteiger partial charge in [0.1, 0.15) is 5.75 Å². The number of piperazine rings is 1. The zero-order chi connectivity index (χ0) is 20.8. The molecule has 2 aliphatic heterocycles. The lowest BCUT2D eigenvalue weighted by Gasteiger charge is -2.44. The van der Waals surface area contributed by atoms with E-state index in [0.29, 0.717) is 12.5 Å². The number of amides is 1. The highest BCUT2D eigenvalue weighted by atomic mass is 16.5. The second-order valence-corrected chi connectivity index (χ2v) is 8.15. The molecule has 0 spiro atoms. The Balaban J connectivity index is 1.28. The summed E-state index contributed by atoms with van der Waals surface area (Å²) in [5.74, 6) is 1.20. The number of benzene rings is 1. The molecule has 1 atom stereocenters. The SMILES string of the molecule is COc1ccccc1N1CCN([C@H]2CCCN(C(=O)CCc3ccccn3)C2)CC1. The Kier molecular flexibility index (Phi) is 6.84. The lowest BCUT2D eigenvalue weighted by atomic mass is 10.0. The first-order valence-corrected chi connectivity index (χ1v) is 11.0. The average molecular weight is 409 g/mol. The number of likely N-dealkylation sites (tertiary alicyclic amines) is 1. The zero-order valence-electron chi connectivity index (χ0n) is 17.9. The molecule has 0 saturated carbocycles. The molecule has 1 aromatic carbocycles. The van der Waals surface area contributed by atoms with Gasteiger partial charge in [0.05, 0.1) is 12.8 Å². The standard InChI is InChI=1S/C24H32N4O2/c1-30-23-10-3-2-9-22(23)27-17-15-26(16-18-27)21-8-6-14-28(19-21)24(29)12-11-20-7-4-5-13-25-20/h2-5,7,9-10,13,21H,6,8,11-12,14-19H2,1H3/t21-/m0/s1. The van der Waals surface area contributed by atoms with Crippen LogP contribution in [0.15, 0.2) is 48.7 Å². The molecular weight excluding hydrogens is 376 g/mol. The number of ether oxygens (including phenoxy) is 1. The van der Waals surface area contributed by atoms with E-state index >= 15 is 0 Å². The van der Waals surface area contributed by atoms with Crippen LogP contribution < -0.4 is 9.64 Å². The zero-order valence-corrected chi connectivity index (χ0v) is 17.9. The largest absolute Gasteiger partial charge is 0.495 e. The topological polar surface area (TPSA) is 48.9 Å². The number of methoxy groups -OCH3 is 1. The number of pyridine rings is 1. The summed E-state index contributed by atoms with van der Waals surface area (Å²) in [6.45, 7) is 5.78. The van der Waals surface area contributed by atoms with Gasteiger partial charge < -0.3 is 14.5 Å². The molecule has 0 unspecified atom stereocenters. The van der Waals surface area contributed by atoms with Crippen LogP contribution in [0.4, 0.5) is 5.69 Å². The summed E-state index contributed by atoms with van der Waals surface area (Å²) < 4.78 is 5.53. The molecule has 6 heteroatoms. The number of carbonyl (C=O) groups is 1. The van der Waals surface area contributed by atoms with Crippen LogP contribution in [0.5, 0.6) is 5.75 Å². The molecule has 4 rings (SSSR count). The van der Waals surface area contributed by atoms with Gasteiger partial charge in [-0.05, 0) is 43.5 Å². The van der Waals surface area contributed by atoms with Gasteiger partial charge in [-0.3, -0.25) is 14.7 Å². The maximum atomic E-state index is 12.8. The second-order valence-electron chi connectivity index (χ2n) is 8.15. The molecule has 0 radical (unpaired) electrons. The highest BCUT2D eigenvalue weighted by Crippen LogP contribution is 2.29. The quantitative estimate of drug-likeness (QED) is 0.736. The van der Waals surface area contributed by atoms with Crippen LogP contribution in [0.2, 0.25) is 0 Å². The monoisotopic (exact) mass is 408 g/mol. The summed E-state index contributed by atoms with van der Waals surface area (Å²) >= 11 is 0. The molecule has 3 heterocycles. The fourth-order valence-corrected chi connectivity index (χ4v) is 4.64. The molecule has 1 aromatic heterocycles. The number of aryl methyl sites for hydroxylation is 1. The van der Waals surface area contributed by atoms with Gasteiger partial charge in [0, 0.05) is 63.6 Å². The Labute approximate surface area is 179 Å². The van der Waals surface area contributed by atoms with Crippen LogP contribution in [0.25, 0.3) is 0 Å². The molecule has 160 valence electrons. The maximum Gasteiger partial charge on any atom is 0.223 e. The number of para-hydroxylation sites is 2.